The van der Waals surface area contributed by atoms with Gasteiger partial charge in [-0.2, -0.15) is 0 Å². The number of aryl methyl sites for hydroxylation is 2. The third kappa shape index (κ3) is 2.84. The summed E-state index contributed by atoms with van der Waals surface area (Å²) in [6.45, 7) is 2.32. The first-order chi connectivity index (χ1) is 10.1. The van der Waals surface area contributed by atoms with Gasteiger partial charge in [0.2, 0.25) is 0 Å². The zero-order valence-corrected chi connectivity index (χ0v) is 11.7. The molecule has 1 aromatic heterocycles. The van der Waals surface area contributed by atoms with E-state index >= 15 is 0 Å². The number of fused-ring (bicyclic) bond motifs is 1. The van der Waals surface area contributed by atoms with Crippen LogP contribution in [-0.2, 0) is 11.2 Å². The number of aromatic hydroxyl groups is 1. The molecule has 0 spiro atoms. The monoisotopic (exact) mass is 288 g/mol. The van der Waals surface area contributed by atoms with Crippen molar-refractivity contribution < 1.29 is 19.2 Å². The minimum Gasteiger partial charge on any atom is -0.508 e. The standard InChI is InChI=1S/C15H16N2O4/c1-10-7-14(16-21-10)20-9-15(19)17-6-2-3-11-8-12(18)4-5-13(11)17/h4-5,7-8,18H,2-3,6,9H2,1H3. The smallest absolute Gasteiger partial charge is 0.264 e. The SMILES string of the molecule is Cc1cc(OCC(=O)N2CCCc3cc(O)ccc32)no1. The predicted octanol–water partition coefficient (Wildman–Crippen LogP) is 2.05. The van der Waals surface area contributed by atoms with E-state index in [1.54, 1.807) is 36.1 Å². The van der Waals surface area contributed by atoms with Crippen molar-refractivity contribution in [1.29, 1.82) is 0 Å². The molecular weight excluding hydrogens is 272 g/mol. The maximum atomic E-state index is 12.3. The number of anilines is 1. The summed E-state index contributed by atoms with van der Waals surface area (Å²) in [7, 11) is 0. The van der Waals surface area contributed by atoms with Crippen LogP contribution in [0.15, 0.2) is 28.8 Å². The summed E-state index contributed by atoms with van der Waals surface area (Å²) >= 11 is 0. The summed E-state index contributed by atoms with van der Waals surface area (Å²) in [6, 6.07) is 6.69. The Kier molecular flexibility index (Phi) is 3.51. The van der Waals surface area contributed by atoms with Gasteiger partial charge in [-0.3, -0.25) is 4.79 Å². The number of rotatable bonds is 3. The van der Waals surface area contributed by atoms with Crippen LogP contribution >= 0.6 is 0 Å². The molecule has 6 nitrogen and oxygen atoms in total. The van der Waals surface area contributed by atoms with Crippen LogP contribution < -0.4 is 9.64 Å². The van der Waals surface area contributed by atoms with E-state index in [4.69, 9.17) is 9.26 Å². The lowest BCUT2D eigenvalue weighted by atomic mass is 10.0. The summed E-state index contributed by atoms with van der Waals surface area (Å²) < 4.78 is 10.2. The van der Waals surface area contributed by atoms with Gasteiger partial charge in [0.1, 0.15) is 11.5 Å². The minimum absolute atomic E-state index is 0.0910. The maximum absolute atomic E-state index is 12.3. The lowest BCUT2D eigenvalue weighted by Crippen LogP contribution is -2.38. The molecule has 0 bridgehead atoms. The molecule has 1 amide bonds. The average molecular weight is 288 g/mol. The molecule has 0 atom stereocenters. The van der Waals surface area contributed by atoms with Crippen molar-refractivity contribution in [2.45, 2.75) is 19.8 Å². The van der Waals surface area contributed by atoms with Crippen LogP contribution in [-0.4, -0.2) is 29.3 Å². The molecule has 0 saturated carbocycles. The first kappa shape index (κ1) is 13.5. The van der Waals surface area contributed by atoms with Gasteiger partial charge in [0, 0.05) is 18.3 Å². The van der Waals surface area contributed by atoms with Crippen molar-refractivity contribution in [3.8, 4) is 11.6 Å². The normalized spacial score (nSPS) is 13.9. The van der Waals surface area contributed by atoms with Gasteiger partial charge in [0.25, 0.3) is 11.8 Å². The predicted molar refractivity (Wildman–Crippen MR) is 75.5 cm³/mol. The Bertz CT molecular complexity index is 665. The zero-order valence-electron chi connectivity index (χ0n) is 11.7. The molecule has 1 N–H and O–H groups in total. The van der Waals surface area contributed by atoms with E-state index in [1.807, 2.05) is 0 Å². The molecule has 0 aliphatic carbocycles. The van der Waals surface area contributed by atoms with Crippen LogP contribution in [0.5, 0.6) is 11.6 Å². The highest BCUT2D eigenvalue weighted by Crippen LogP contribution is 2.30. The maximum Gasteiger partial charge on any atom is 0.264 e. The van der Waals surface area contributed by atoms with E-state index < -0.39 is 0 Å². The first-order valence-corrected chi connectivity index (χ1v) is 6.82. The van der Waals surface area contributed by atoms with E-state index in [0.29, 0.717) is 18.2 Å². The van der Waals surface area contributed by atoms with Crippen LogP contribution in [0, 0.1) is 6.92 Å². The topological polar surface area (TPSA) is 75.8 Å². The highest BCUT2D eigenvalue weighted by atomic mass is 16.5. The number of benzene rings is 1. The van der Waals surface area contributed by atoms with Gasteiger partial charge in [-0.25, -0.2) is 0 Å². The summed E-state index contributed by atoms with van der Waals surface area (Å²) in [4.78, 5) is 14.0. The lowest BCUT2D eigenvalue weighted by Gasteiger charge is -2.29. The van der Waals surface area contributed by atoms with Crippen molar-refractivity contribution in [3.05, 3.63) is 35.6 Å². The van der Waals surface area contributed by atoms with Gasteiger partial charge in [-0.1, -0.05) is 0 Å². The Hall–Kier alpha value is -2.50. The molecular formula is C15H16N2O4. The van der Waals surface area contributed by atoms with Crippen molar-refractivity contribution in [2.75, 3.05) is 18.1 Å². The van der Waals surface area contributed by atoms with Crippen LogP contribution in [0.3, 0.4) is 0 Å². The highest BCUT2D eigenvalue weighted by molar-refractivity contribution is 5.95. The number of nitrogens with zero attached hydrogens (tertiary/aromatic N) is 2. The third-order valence-corrected chi connectivity index (χ3v) is 3.43. The molecule has 0 unspecified atom stereocenters. The molecule has 6 heteroatoms. The molecule has 1 aliphatic heterocycles. The fraction of sp³-hybridized carbons (Fsp3) is 0.333. The number of carbonyl (C=O) groups excluding carboxylic acids is 1. The molecule has 3 rings (SSSR count). The molecule has 0 saturated heterocycles. The number of ether oxygens (including phenoxy) is 1. The molecule has 1 aromatic carbocycles. The quantitative estimate of drug-likeness (QED) is 0.935. The van der Waals surface area contributed by atoms with Crippen molar-refractivity contribution in [1.82, 2.24) is 5.16 Å². The van der Waals surface area contributed by atoms with Crippen molar-refractivity contribution in [2.24, 2.45) is 0 Å². The van der Waals surface area contributed by atoms with Crippen molar-refractivity contribution in [3.63, 3.8) is 0 Å². The second-order valence-corrected chi connectivity index (χ2v) is 5.03. The molecule has 110 valence electrons. The molecule has 2 heterocycles. The van der Waals surface area contributed by atoms with Gasteiger partial charge in [-0.15, -0.1) is 0 Å². The van der Waals surface area contributed by atoms with E-state index in [2.05, 4.69) is 5.16 Å². The number of carbonyl (C=O) groups is 1. The number of phenolic OH excluding ortho intramolecular Hbond substituents is 1. The van der Waals surface area contributed by atoms with Gasteiger partial charge in [0.15, 0.2) is 6.61 Å². The first-order valence-electron chi connectivity index (χ1n) is 6.82. The van der Waals surface area contributed by atoms with Crippen LogP contribution in [0.4, 0.5) is 5.69 Å². The Labute approximate surface area is 121 Å². The third-order valence-electron chi connectivity index (χ3n) is 3.43. The van der Waals surface area contributed by atoms with Gasteiger partial charge in [-0.05, 0) is 48.7 Å². The van der Waals surface area contributed by atoms with Crippen molar-refractivity contribution >= 4 is 11.6 Å². The minimum atomic E-state index is -0.137. The van der Waals surface area contributed by atoms with Gasteiger partial charge in [0.05, 0.1) is 0 Å². The Morgan fingerprint density at radius 2 is 2.33 bits per heavy atom. The summed E-state index contributed by atoms with van der Waals surface area (Å²) in [5.74, 6) is 1.03. The molecule has 0 fully saturated rings. The lowest BCUT2D eigenvalue weighted by molar-refractivity contribution is -0.120. The van der Waals surface area contributed by atoms with Crippen LogP contribution in [0.1, 0.15) is 17.7 Å². The summed E-state index contributed by atoms with van der Waals surface area (Å²) in [6.07, 6.45) is 1.72. The van der Waals surface area contributed by atoms with Crippen LogP contribution in [0.25, 0.3) is 0 Å². The van der Waals surface area contributed by atoms with Gasteiger partial charge >= 0.3 is 0 Å². The summed E-state index contributed by atoms with van der Waals surface area (Å²) in [5, 5.41) is 13.2. The Morgan fingerprint density at radius 3 is 3.10 bits per heavy atom. The number of aromatic nitrogens is 1. The Morgan fingerprint density at radius 1 is 1.48 bits per heavy atom. The number of hydrogen-bond acceptors (Lipinski definition) is 5. The largest absolute Gasteiger partial charge is 0.508 e. The van der Waals surface area contributed by atoms with E-state index in [0.717, 1.165) is 24.1 Å². The van der Waals surface area contributed by atoms with E-state index in [-0.39, 0.29) is 18.3 Å². The molecule has 0 radical (unpaired) electrons. The molecule has 21 heavy (non-hydrogen) atoms. The van der Waals surface area contributed by atoms with E-state index in [9.17, 15) is 9.90 Å². The number of phenols is 1. The van der Waals surface area contributed by atoms with E-state index in [1.165, 1.54) is 0 Å². The average Bonchev–Trinajstić information content (AvgIpc) is 2.89. The fourth-order valence-electron chi connectivity index (χ4n) is 2.47. The number of hydrogen-bond donors (Lipinski definition) is 1. The molecule has 2 aromatic rings. The highest BCUT2D eigenvalue weighted by Gasteiger charge is 2.23. The second kappa shape index (κ2) is 5.47. The van der Waals surface area contributed by atoms with Crippen LogP contribution in [0.2, 0.25) is 0 Å². The summed E-state index contributed by atoms with van der Waals surface area (Å²) in [5.41, 5.74) is 1.82. The molecule has 1 aliphatic rings. The Balaban J connectivity index is 1.71. The second-order valence-electron chi connectivity index (χ2n) is 5.03. The number of amides is 1. The van der Waals surface area contributed by atoms with Gasteiger partial charge < -0.3 is 19.3 Å². The zero-order chi connectivity index (χ0) is 14.8. The fourth-order valence-corrected chi connectivity index (χ4v) is 2.47.